The van der Waals surface area contributed by atoms with Gasteiger partial charge in [-0.25, -0.2) is 9.50 Å². The van der Waals surface area contributed by atoms with E-state index in [1.807, 2.05) is 13.0 Å². The van der Waals surface area contributed by atoms with E-state index in [2.05, 4.69) is 10.1 Å². The van der Waals surface area contributed by atoms with Gasteiger partial charge in [0.2, 0.25) is 0 Å². The molecule has 0 aromatic carbocycles. The fourth-order valence-electron chi connectivity index (χ4n) is 2.87. The average Bonchev–Trinajstić information content (AvgIpc) is 2.82. The summed E-state index contributed by atoms with van der Waals surface area (Å²) in [6.45, 7) is 4.70. The highest BCUT2D eigenvalue weighted by molar-refractivity contribution is 6.01. The van der Waals surface area contributed by atoms with Crippen LogP contribution >= 0.6 is 0 Å². The van der Waals surface area contributed by atoms with E-state index in [0.717, 1.165) is 10.6 Å². The lowest BCUT2D eigenvalue weighted by Crippen LogP contribution is -2.51. The largest absolute Gasteiger partial charge is 0.416 e. The lowest BCUT2D eigenvalue weighted by atomic mass is 10.1. The Morgan fingerprint density at radius 2 is 2.04 bits per heavy atom. The molecular weight excluding hydrogens is 325 g/mol. The van der Waals surface area contributed by atoms with Crippen molar-refractivity contribution in [1.82, 2.24) is 19.5 Å². The summed E-state index contributed by atoms with van der Waals surface area (Å²) in [6, 6.07) is 1.82. The van der Waals surface area contributed by atoms with Crippen molar-refractivity contribution in [3.05, 3.63) is 28.7 Å². The van der Waals surface area contributed by atoms with E-state index in [1.54, 1.807) is 13.8 Å². The number of aryl methyl sites for hydroxylation is 3. The molecule has 0 bridgehead atoms. The van der Waals surface area contributed by atoms with Crippen molar-refractivity contribution in [2.24, 2.45) is 0 Å². The maximum absolute atomic E-state index is 12.9. The predicted molar refractivity (Wildman–Crippen MR) is 78.9 cm³/mol. The van der Waals surface area contributed by atoms with E-state index in [1.165, 1.54) is 4.52 Å². The first kappa shape index (κ1) is 16.7. The summed E-state index contributed by atoms with van der Waals surface area (Å²) >= 11 is 0. The molecule has 0 radical (unpaired) electrons. The Hall–Kier alpha value is -2.16. The summed E-state index contributed by atoms with van der Waals surface area (Å²) in [4.78, 5) is 18.3. The van der Waals surface area contributed by atoms with Gasteiger partial charge in [-0.2, -0.15) is 18.3 Å². The molecule has 1 aliphatic heterocycles. The van der Waals surface area contributed by atoms with Crippen LogP contribution in [0.25, 0.3) is 5.65 Å². The van der Waals surface area contributed by atoms with Gasteiger partial charge in [0.1, 0.15) is 5.56 Å². The first-order valence-corrected chi connectivity index (χ1v) is 7.49. The maximum Gasteiger partial charge on any atom is 0.416 e. The lowest BCUT2D eigenvalue weighted by molar-refractivity contribution is -0.233. The number of nitrogens with zero attached hydrogens (tertiary/aromatic N) is 4. The van der Waals surface area contributed by atoms with Crippen LogP contribution in [0, 0.1) is 20.8 Å². The van der Waals surface area contributed by atoms with Gasteiger partial charge in [0, 0.05) is 17.9 Å². The van der Waals surface area contributed by atoms with Gasteiger partial charge in [0.25, 0.3) is 5.91 Å². The topological polar surface area (TPSA) is 59.7 Å². The van der Waals surface area contributed by atoms with Crippen LogP contribution in [0.5, 0.6) is 0 Å². The van der Waals surface area contributed by atoms with E-state index >= 15 is 0 Å². The molecule has 130 valence electrons. The fourth-order valence-corrected chi connectivity index (χ4v) is 2.87. The van der Waals surface area contributed by atoms with Gasteiger partial charge in [-0.15, -0.1) is 0 Å². The Kier molecular flexibility index (Phi) is 3.98. The number of morpholine rings is 1. The van der Waals surface area contributed by atoms with Gasteiger partial charge in [0.05, 0.1) is 18.8 Å². The zero-order valence-corrected chi connectivity index (χ0v) is 13.5. The Balaban J connectivity index is 1.98. The summed E-state index contributed by atoms with van der Waals surface area (Å²) in [7, 11) is 0. The number of amides is 1. The van der Waals surface area contributed by atoms with Crippen LogP contribution < -0.4 is 0 Å². The second-order valence-electron chi connectivity index (χ2n) is 5.89. The fraction of sp³-hybridized carbons (Fsp3) is 0.533. The zero-order chi connectivity index (χ0) is 17.6. The van der Waals surface area contributed by atoms with Crippen LogP contribution in [0.4, 0.5) is 13.2 Å². The van der Waals surface area contributed by atoms with Crippen molar-refractivity contribution in [2.45, 2.75) is 33.1 Å². The monoisotopic (exact) mass is 342 g/mol. The van der Waals surface area contributed by atoms with Crippen LogP contribution in [0.3, 0.4) is 0 Å². The number of aromatic nitrogens is 3. The molecule has 9 heteroatoms. The molecule has 0 aliphatic carbocycles. The number of hydrogen-bond donors (Lipinski definition) is 0. The molecule has 2 aromatic rings. The minimum absolute atomic E-state index is 0.104. The van der Waals surface area contributed by atoms with E-state index in [9.17, 15) is 18.0 Å². The van der Waals surface area contributed by atoms with E-state index in [4.69, 9.17) is 4.74 Å². The number of carbonyl (C=O) groups excluding carboxylic acids is 1. The highest BCUT2D eigenvalue weighted by Crippen LogP contribution is 2.27. The molecule has 2 aromatic heterocycles. The number of rotatable bonds is 1. The predicted octanol–water partition coefficient (Wildman–Crippen LogP) is 2.06. The van der Waals surface area contributed by atoms with Crippen molar-refractivity contribution in [1.29, 1.82) is 0 Å². The minimum Gasteiger partial charge on any atom is -0.365 e. The van der Waals surface area contributed by atoms with Crippen LogP contribution in [0.15, 0.2) is 6.07 Å². The maximum atomic E-state index is 12.9. The van der Waals surface area contributed by atoms with Crippen molar-refractivity contribution in [3.8, 4) is 0 Å². The van der Waals surface area contributed by atoms with Gasteiger partial charge < -0.3 is 9.64 Å². The van der Waals surface area contributed by atoms with Crippen LogP contribution in [-0.2, 0) is 4.74 Å². The molecule has 0 N–H and O–H groups in total. The molecule has 0 spiro atoms. The summed E-state index contributed by atoms with van der Waals surface area (Å²) in [5.41, 5.74) is 2.56. The van der Waals surface area contributed by atoms with Crippen molar-refractivity contribution >= 4 is 11.6 Å². The molecule has 1 saturated heterocycles. The normalized spacial score (nSPS) is 19.1. The number of halogens is 3. The van der Waals surface area contributed by atoms with Gasteiger partial charge in [-0.1, -0.05) is 0 Å². The third-order valence-electron chi connectivity index (χ3n) is 4.00. The second-order valence-corrected chi connectivity index (χ2v) is 5.89. The van der Waals surface area contributed by atoms with Crippen molar-refractivity contribution < 1.29 is 22.7 Å². The Morgan fingerprint density at radius 1 is 1.33 bits per heavy atom. The quantitative estimate of drug-likeness (QED) is 0.796. The molecule has 6 nitrogen and oxygen atoms in total. The van der Waals surface area contributed by atoms with E-state index in [-0.39, 0.29) is 18.7 Å². The van der Waals surface area contributed by atoms with Crippen molar-refractivity contribution in [3.63, 3.8) is 0 Å². The summed E-state index contributed by atoms with van der Waals surface area (Å²) < 4.78 is 44.9. The minimum atomic E-state index is -4.50. The average molecular weight is 342 g/mol. The molecule has 1 amide bonds. The number of ether oxygens (including phenoxy) is 1. The molecule has 1 atom stereocenters. The van der Waals surface area contributed by atoms with Crippen LogP contribution in [-0.4, -0.2) is 57.4 Å². The third kappa shape index (κ3) is 2.83. The SMILES string of the molecule is Cc1cc(C)n2nc(C)c(C(=O)N3CCO[C@@H](C(F)(F)F)C3)c2n1. The second kappa shape index (κ2) is 5.73. The smallest absolute Gasteiger partial charge is 0.365 e. The highest BCUT2D eigenvalue weighted by Gasteiger charge is 2.44. The molecular formula is C15H17F3N4O2. The standard InChI is InChI=1S/C15H17F3N4O2/c1-8-6-9(2)22-13(19-8)12(10(3)20-22)14(23)21-4-5-24-11(7-21)15(16,17)18/h6,11H,4-5,7H2,1-3H3/t11-/m1/s1. The van der Waals surface area contributed by atoms with Gasteiger partial charge >= 0.3 is 6.18 Å². The summed E-state index contributed by atoms with van der Waals surface area (Å²) in [5.74, 6) is -0.502. The van der Waals surface area contributed by atoms with Crippen LogP contribution in [0.1, 0.15) is 27.4 Å². The molecule has 1 aliphatic rings. The van der Waals surface area contributed by atoms with Gasteiger partial charge in [-0.3, -0.25) is 4.79 Å². The number of carbonyl (C=O) groups is 1. The highest BCUT2D eigenvalue weighted by atomic mass is 19.4. The molecule has 3 heterocycles. The molecule has 0 unspecified atom stereocenters. The first-order chi connectivity index (χ1) is 11.2. The Bertz CT molecular complexity index is 800. The first-order valence-electron chi connectivity index (χ1n) is 7.49. The molecule has 1 fully saturated rings. The van der Waals surface area contributed by atoms with E-state index < -0.39 is 24.7 Å². The summed E-state index contributed by atoms with van der Waals surface area (Å²) in [5, 5.41) is 4.29. The summed E-state index contributed by atoms with van der Waals surface area (Å²) in [6.07, 6.45) is -6.46. The van der Waals surface area contributed by atoms with Crippen LogP contribution in [0.2, 0.25) is 0 Å². The molecule has 0 saturated carbocycles. The van der Waals surface area contributed by atoms with Crippen molar-refractivity contribution in [2.75, 3.05) is 19.7 Å². The Labute approximate surface area is 136 Å². The molecule has 3 rings (SSSR count). The number of fused-ring (bicyclic) bond motifs is 1. The van der Waals surface area contributed by atoms with E-state index in [0.29, 0.717) is 17.0 Å². The lowest BCUT2D eigenvalue weighted by Gasteiger charge is -2.33. The Morgan fingerprint density at radius 3 is 2.71 bits per heavy atom. The molecule has 24 heavy (non-hydrogen) atoms. The third-order valence-corrected chi connectivity index (χ3v) is 4.00. The number of alkyl halides is 3. The van der Waals surface area contributed by atoms with Gasteiger partial charge in [0.15, 0.2) is 11.8 Å². The zero-order valence-electron chi connectivity index (χ0n) is 13.5. The number of hydrogen-bond acceptors (Lipinski definition) is 4. The van der Waals surface area contributed by atoms with Gasteiger partial charge in [-0.05, 0) is 26.8 Å².